The molecular formula is C10H13BrO. The summed E-state index contributed by atoms with van der Waals surface area (Å²) in [6.45, 7) is 2.12. The molecule has 2 heteroatoms. The van der Waals surface area contributed by atoms with Crippen LogP contribution in [0.3, 0.4) is 0 Å². The zero-order valence-corrected chi connectivity index (χ0v) is 8.97. The Morgan fingerprint density at radius 3 is 2.75 bits per heavy atom. The highest BCUT2D eigenvalue weighted by atomic mass is 79.9. The predicted octanol–water partition coefficient (Wildman–Crippen LogP) is 3.55. The Morgan fingerprint density at radius 1 is 1.50 bits per heavy atom. The first kappa shape index (κ1) is 9.75. The van der Waals surface area contributed by atoms with Gasteiger partial charge in [0.05, 0.1) is 6.10 Å². The third kappa shape index (κ3) is 2.32. The van der Waals surface area contributed by atoms with Gasteiger partial charge in [0.25, 0.3) is 0 Å². The molecule has 0 N–H and O–H groups in total. The summed E-state index contributed by atoms with van der Waals surface area (Å²) in [5.41, 5.74) is 1.23. The number of hydrogen-bond donors (Lipinski definition) is 0. The smallest absolute Gasteiger partial charge is 0.0818 e. The highest BCUT2D eigenvalue weighted by Gasteiger charge is 2.06. The van der Waals surface area contributed by atoms with Crippen LogP contribution in [0.4, 0.5) is 0 Å². The summed E-state index contributed by atoms with van der Waals surface area (Å²) >= 11 is 3.43. The molecule has 1 unspecified atom stereocenters. The summed E-state index contributed by atoms with van der Waals surface area (Å²) < 4.78 is 6.43. The van der Waals surface area contributed by atoms with Crippen LogP contribution in [0.25, 0.3) is 0 Å². The molecule has 0 aliphatic heterocycles. The van der Waals surface area contributed by atoms with Gasteiger partial charge in [-0.1, -0.05) is 35.0 Å². The predicted molar refractivity (Wildman–Crippen MR) is 54.2 cm³/mol. The van der Waals surface area contributed by atoms with E-state index in [0.717, 1.165) is 10.9 Å². The van der Waals surface area contributed by atoms with Crippen molar-refractivity contribution in [2.45, 2.75) is 19.4 Å². The van der Waals surface area contributed by atoms with Gasteiger partial charge < -0.3 is 4.74 Å². The van der Waals surface area contributed by atoms with E-state index in [1.807, 2.05) is 12.1 Å². The Balaban J connectivity index is 2.85. The van der Waals surface area contributed by atoms with Crippen LogP contribution in [0.2, 0.25) is 0 Å². The second-order valence-electron chi connectivity index (χ2n) is 2.69. The molecule has 1 aromatic rings. The Morgan fingerprint density at radius 2 is 2.25 bits per heavy atom. The second-order valence-corrected chi connectivity index (χ2v) is 3.60. The topological polar surface area (TPSA) is 9.23 Å². The molecule has 1 nitrogen and oxygen atoms in total. The lowest BCUT2D eigenvalue weighted by atomic mass is 10.1. The first-order valence-electron chi connectivity index (χ1n) is 4.06. The Hall–Kier alpha value is -0.340. The molecule has 0 amide bonds. The van der Waals surface area contributed by atoms with Crippen LogP contribution >= 0.6 is 15.9 Å². The lowest BCUT2D eigenvalue weighted by Gasteiger charge is -2.13. The minimum absolute atomic E-state index is 0.225. The Kier molecular flexibility index (Phi) is 3.76. The van der Waals surface area contributed by atoms with Crippen molar-refractivity contribution in [1.29, 1.82) is 0 Å². The molecule has 0 fully saturated rings. The van der Waals surface area contributed by atoms with E-state index < -0.39 is 0 Å². The van der Waals surface area contributed by atoms with Gasteiger partial charge in [-0.2, -0.15) is 0 Å². The van der Waals surface area contributed by atoms with Gasteiger partial charge in [0, 0.05) is 11.6 Å². The lowest BCUT2D eigenvalue weighted by Crippen LogP contribution is -1.98. The van der Waals surface area contributed by atoms with Crippen LogP contribution in [0, 0.1) is 0 Å². The van der Waals surface area contributed by atoms with Gasteiger partial charge in [-0.25, -0.2) is 0 Å². The van der Waals surface area contributed by atoms with E-state index in [2.05, 4.69) is 35.0 Å². The largest absolute Gasteiger partial charge is 0.377 e. The van der Waals surface area contributed by atoms with Gasteiger partial charge in [0.15, 0.2) is 0 Å². The van der Waals surface area contributed by atoms with Crippen molar-refractivity contribution in [3.63, 3.8) is 0 Å². The third-order valence-electron chi connectivity index (χ3n) is 1.88. The van der Waals surface area contributed by atoms with E-state index in [-0.39, 0.29) is 6.10 Å². The molecule has 0 aliphatic carbocycles. The fraction of sp³-hybridized carbons (Fsp3) is 0.400. The molecule has 0 aliphatic rings. The van der Waals surface area contributed by atoms with E-state index in [9.17, 15) is 0 Å². The summed E-state index contributed by atoms with van der Waals surface area (Å²) in [7, 11) is 1.75. The minimum Gasteiger partial charge on any atom is -0.377 e. The molecule has 12 heavy (non-hydrogen) atoms. The number of hydrogen-bond acceptors (Lipinski definition) is 1. The molecule has 0 radical (unpaired) electrons. The Bertz CT molecular complexity index is 243. The standard InChI is InChI=1S/C10H13BrO/c1-3-10(12-2)8-5-4-6-9(11)7-8/h4-7,10H,3H2,1-2H3. The van der Waals surface area contributed by atoms with Crippen molar-refractivity contribution in [1.82, 2.24) is 0 Å². The monoisotopic (exact) mass is 228 g/mol. The zero-order chi connectivity index (χ0) is 8.97. The summed E-state index contributed by atoms with van der Waals surface area (Å²) in [6, 6.07) is 8.23. The fourth-order valence-electron chi connectivity index (χ4n) is 1.25. The molecule has 1 aromatic carbocycles. The van der Waals surface area contributed by atoms with Crippen molar-refractivity contribution in [2.24, 2.45) is 0 Å². The molecule has 1 rings (SSSR count). The first-order chi connectivity index (χ1) is 5.77. The van der Waals surface area contributed by atoms with E-state index >= 15 is 0 Å². The molecule has 0 bridgehead atoms. The van der Waals surface area contributed by atoms with E-state index in [4.69, 9.17) is 4.74 Å². The summed E-state index contributed by atoms with van der Waals surface area (Å²) in [4.78, 5) is 0. The van der Waals surface area contributed by atoms with Gasteiger partial charge in [0.2, 0.25) is 0 Å². The number of methoxy groups -OCH3 is 1. The van der Waals surface area contributed by atoms with Crippen molar-refractivity contribution in [2.75, 3.05) is 7.11 Å². The maximum absolute atomic E-state index is 5.32. The first-order valence-corrected chi connectivity index (χ1v) is 4.85. The van der Waals surface area contributed by atoms with Crippen LogP contribution in [-0.4, -0.2) is 7.11 Å². The number of benzene rings is 1. The SMILES string of the molecule is CCC(OC)c1cccc(Br)c1. The number of rotatable bonds is 3. The fourth-order valence-corrected chi connectivity index (χ4v) is 1.66. The van der Waals surface area contributed by atoms with E-state index in [1.165, 1.54) is 5.56 Å². The van der Waals surface area contributed by atoms with Crippen molar-refractivity contribution < 1.29 is 4.74 Å². The van der Waals surface area contributed by atoms with Crippen LogP contribution in [-0.2, 0) is 4.74 Å². The zero-order valence-electron chi connectivity index (χ0n) is 7.38. The molecule has 0 saturated heterocycles. The van der Waals surface area contributed by atoms with Gasteiger partial charge in [-0.15, -0.1) is 0 Å². The molecule has 0 spiro atoms. The van der Waals surface area contributed by atoms with Crippen LogP contribution in [0.5, 0.6) is 0 Å². The minimum atomic E-state index is 0.225. The highest BCUT2D eigenvalue weighted by Crippen LogP contribution is 2.22. The summed E-state index contributed by atoms with van der Waals surface area (Å²) in [5, 5.41) is 0. The molecular weight excluding hydrogens is 216 g/mol. The Labute approximate surface area is 81.9 Å². The van der Waals surface area contributed by atoms with Crippen LogP contribution in [0.1, 0.15) is 25.0 Å². The molecule has 0 saturated carbocycles. The van der Waals surface area contributed by atoms with Gasteiger partial charge >= 0.3 is 0 Å². The van der Waals surface area contributed by atoms with Crippen molar-refractivity contribution in [3.8, 4) is 0 Å². The van der Waals surface area contributed by atoms with Gasteiger partial charge in [0.1, 0.15) is 0 Å². The quantitative estimate of drug-likeness (QED) is 0.770. The summed E-state index contributed by atoms with van der Waals surface area (Å²) in [6.07, 6.45) is 1.23. The maximum atomic E-state index is 5.32. The maximum Gasteiger partial charge on any atom is 0.0818 e. The van der Waals surface area contributed by atoms with Crippen LogP contribution in [0.15, 0.2) is 28.7 Å². The average Bonchev–Trinajstić information content (AvgIpc) is 2.07. The van der Waals surface area contributed by atoms with Gasteiger partial charge in [-0.3, -0.25) is 0 Å². The second kappa shape index (κ2) is 4.63. The molecule has 0 aromatic heterocycles. The number of ether oxygens (including phenoxy) is 1. The number of halogens is 1. The van der Waals surface area contributed by atoms with E-state index in [0.29, 0.717) is 0 Å². The van der Waals surface area contributed by atoms with Crippen molar-refractivity contribution >= 4 is 15.9 Å². The van der Waals surface area contributed by atoms with E-state index in [1.54, 1.807) is 7.11 Å². The normalized spacial score (nSPS) is 12.9. The molecule has 66 valence electrons. The summed E-state index contributed by atoms with van der Waals surface area (Å²) in [5.74, 6) is 0. The molecule has 0 heterocycles. The van der Waals surface area contributed by atoms with Gasteiger partial charge in [-0.05, 0) is 24.1 Å². The lowest BCUT2D eigenvalue weighted by molar-refractivity contribution is 0.1000. The highest BCUT2D eigenvalue weighted by molar-refractivity contribution is 9.10. The van der Waals surface area contributed by atoms with Crippen LogP contribution < -0.4 is 0 Å². The average molecular weight is 229 g/mol. The third-order valence-corrected chi connectivity index (χ3v) is 2.37. The van der Waals surface area contributed by atoms with Crippen molar-refractivity contribution in [3.05, 3.63) is 34.3 Å². The molecule has 1 atom stereocenters.